The Hall–Kier alpha value is -5.50. The van der Waals surface area contributed by atoms with Gasteiger partial charge in [-0.25, -0.2) is 19.2 Å². The SMILES string of the molecule is O=C(O)c1ccc2cc(-c3ccc(C(=O)O)c(-c4ccc5cc(C(=O)O)ccc5c4)c3C(=O)O)ccc2c1. The number of fused-ring (bicyclic) bond motifs is 2. The Labute approximate surface area is 214 Å². The maximum atomic E-state index is 12.6. The summed E-state index contributed by atoms with van der Waals surface area (Å²) in [5, 5.41) is 41.3. The molecule has 0 aliphatic carbocycles. The van der Waals surface area contributed by atoms with Crippen LogP contribution in [0.15, 0.2) is 84.9 Å². The number of carboxylic acids is 4. The van der Waals surface area contributed by atoms with Gasteiger partial charge in [-0.15, -0.1) is 0 Å². The van der Waals surface area contributed by atoms with Crippen molar-refractivity contribution in [3.63, 3.8) is 0 Å². The summed E-state index contributed by atoms with van der Waals surface area (Å²) in [5.41, 5.74) is 1.00. The number of hydrogen-bond acceptors (Lipinski definition) is 4. The van der Waals surface area contributed by atoms with Crippen molar-refractivity contribution >= 4 is 45.4 Å². The third kappa shape index (κ3) is 4.20. The summed E-state index contributed by atoms with van der Waals surface area (Å²) in [4.78, 5) is 47.4. The zero-order chi connectivity index (χ0) is 27.1. The molecule has 8 nitrogen and oxygen atoms in total. The highest BCUT2D eigenvalue weighted by molar-refractivity contribution is 6.10. The topological polar surface area (TPSA) is 149 Å². The van der Waals surface area contributed by atoms with E-state index in [4.69, 9.17) is 0 Å². The summed E-state index contributed by atoms with van der Waals surface area (Å²) in [6.07, 6.45) is 0. The summed E-state index contributed by atoms with van der Waals surface area (Å²) in [5.74, 6) is -4.76. The molecule has 5 rings (SSSR count). The molecule has 0 amide bonds. The quantitative estimate of drug-likeness (QED) is 0.215. The molecule has 186 valence electrons. The molecular formula is C30H18O8. The minimum atomic E-state index is -1.32. The number of carboxylic acid groups (broad SMARTS) is 4. The summed E-state index contributed by atoms with van der Waals surface area (Å²) in [7, 11) is 0. The van der Waals surface area contributed by atoms with E-state index < -0.39 is 23.9 Å². The third-order valence-electron chi connectivity index (χ3n) is 6.42. The molecule has 0 bridgehead atoms. The van der Waals surface area contributed by atoms with Gasteiger partial charge in [-0.05, 0) is 80.7 Å². The lowest BCUT2D eigenvalue weighted by molar-refractivity contribution is 0.0682. The van der Waals surface area contributed by atoms with Gasteiger partial charge in [0.25, 0.3) is 0 Å². The van der Waals surface area contributed by atoms with Crippen LogP contribution in [0.2, 0.25) is 0 Å². The van der Waals surface area contributed by atoms with Gasteiger partial charge in [0, 0.05) is 5.56 Å². The van der Waals surface area contributed by atoms with Gasteiger partial charge in [0.2, 0.25) is 0 Å². The Morgan fingerprint density at radius 1 is 0.447 bits per heavy atom. The molecule has 0 heterocycles. The van der Waals surface area contributed by atoms with Crippen molar-refractivity contribution in [1.29, 1.82) is 0 Å². The molecule has 0 spiro atoms. The van der Waals surface area contributed by atoms with Crippen molar-refractivity contribution < 1.29 is 39.6 Å². The van der Waals surface area contributed by atoms with Crippen molar-refractivity contribution in [1.82, 2.24) is 0 Å². The first kappa shape index (κ1) is 24.2. The van der Waals surface area contributed by atoms with Crippen molar-refractivity contribution in [2.75, 3.05) is 0 Å². The third-order valence-corrected chi connectivity index (χ3v) is 6.42. The van der Waals surface area contributed by atoms with E-state index >= 15 is 0 Å². The van der Waals surface area contributed by atoms with Crippen molar-refractivity contribution in [2.45, 2.75) is 0 Å². The van der Waals surface area contributed by atoms with Crippen LogP contribution in [0, 0.1) is 0 Å². The molecule has 0 saturated carbocycles. The van der Waals surface area contributed by atoms with E-state index in [1.165, 1.54) is 36.4 Å². The maximum Gasteiger partial charge on any atom is 0.336 e. The second-order valence-electron chi connectivity index (χ2n) is 8.68. The van der Waals surface area contributed by atoms with Crippen LogP contribution in [0.1, 0.15) is 41.4 Å². The second-order valence-corrected chi connectivity index (χ2v) is 8.68. The average molecular weight is 506 g/mol. The van der Waals surface area contributed by atoms with Gasteiger partial charge in [0.15, 0.2) is 0 Å². The van der Waals surface area contributed by atoms with Gasteiger partial charge in [-0.3, -0.25) is 0 Å². The predicted octanol–water partition coefficient (Wildman–Crippen LogP) is 6.12. The molecule has 0 aliphatic rings. The van der Waals surface area contributed by atoms with Crippen molar-refractivity contribution in [2.24, 2.45) is 0 Å². The molecule has 5 aromatic carbocycles. The molecule has 0 atom stereocenters. The number of aromatic carboxylic acids is 4. The normalized spacial score (nSPS) is 10.9. The first-order valence-electron chi connectivity index (χ1n) is 11.3. The lowest BCUT2D eigenvalue weighted by Gasteiger charge is -2.16. The van der Waals surface area contributed by atoms with E-state index in [9.17, 15) is 39.6 Å². The lowest BCUT2D eigenvalue weighted by Crippen LogP contribution is -2.09. The van der Waals surface area contributed by atoms with Crippen molar-refractivity contribution in [3.8, 4) is 22.3 Å². The number of carbonyl (C=O) groups is 4. The Balaban J connectivity index is 1.74. The molecule has 0 fully saturated rings. The summed E-state index contributed by atoms with van der Waals surface area (Å²) in [6.45, 7) is 0. The van der Waals surface area contributed by atoms with Crippen LogP contribution in [-0.4, -0.2) is 44.3 Å². The van der Waals surface area contributed by atoms with E-state index in [0.717, 1.165) is 0 Å². The molecule has 4 N–H and O–H groups in total. The monoisotopic (exact) mass is 506 g/mol. The van der Waals surface area contributed by atoms with Crippen LogP contribution >= 0.6 is 0 Å². The Morgan fingerprint density at radius 3 is 1.42 bits per heavy atom. The largest absolute Gasteiger partial charge is 0.478 e. The van der Waals surface area contributed by atoms with E-state index in [2.05, 4.69) is 0 Å². The fourth-order valence-electron chi connectivity index (χ4n) is 4.62. The highest BCUT2D eigenvalue weighted by Gasteiger charge is 2.25. The van der Waals surface area contributed by atoms with Crippen molar-refractivity contribution in [3.05, 3.63) is 107 Å². The van der Waals surface area contributed by atoms with E-state index in [0.29, 0.717) is 38.2 Å². The van der Waals surface area contributed by atoms with Gasteiger partial charge in [0.05, 0.1) is 22.3 Å². The number of hydrogen-bond donors (Lipinski definition) is 4. The Bertz CT molecular complexity index is 1830. The van der Waals surface area contributed by atoms with Gasteiger partial charge in [0.1, 0.15) is 0 Å². The van der Waals surface area contributed by atoms with Crippen LogP contribution in [-0.2, 0) is 0 Å². The number of rotatable bonds is 6. The van der Waals surface area contributed by atoms with E-state index in [-0.39, 0.29) is 27.8 Å². The second kappa shape index (κ2) is 9.18. The lowest BCUT2D eigenvalue weighted by atomic mass is 9.86. The molecule has 0 unspecified atom stereocenters. The van der Waals surface area contributed by atoms with Gasteiger partial charge in [-0.1, -0.05) is 42.5 Å². The predicted molar refractivity (Wildman–Crippen MR) is 140 cm³/mol. The smallest absolute Gasteiger partial charge is 0.336 e. The maximum absolute atomic E-state index is 12.6. The molecule has 0 aromatic heterocycles. The van der Waals surface area contributed by atoms with Crippen LogP contribution < -0.4 is 0 Å². The minimum Gasteiger partial charge on any atom is -0.478 e. The van der Waals surface area contributed by atoms with E-state index in [1.54, 1.807) is 48.5 Å². The zero-order valence-electron chi connectivity index (χ0n) is 19.5. The molecule has 8 heteroatoms. The van der Waals surface area contributed by atoms with Crippen LogP contribution in [0.3, 0.4) is 0 Å². The van der Waals surface area contributed by atoms with E-state index in [1.807, 2.05) is 0 Å². The highest BCUT2D eigenvalue weighted by atomic mass is 16.4. The highest BCUT2D eigenvalue weighted by Crippen LogP contribution is 2.38. The Kier molecular flexibility index (Phi) is 5.85. The van der Waals surface area contributed by atoms with Crippen LogP contribution in [0.4, 0.5) is 0 Å². The van der Waals surface area contributed by atoms with Gasteiger partial charge < -0.3 is 20.4 Å². The molecule has 0 saturated heterocycles. The molecule has 38 heavy (non-hydrogen) atoms. The molecular weight excluding hydrogens is 488 g/mol. The standard InChI is InChI=1S/C30H18O8/c31-27(32)21-7-3-15-11-19(5-1-17(15)13-21)23-9-10-24(29(35)36)25(26(23)30(37)38)20-6-2-18-14-22(28(33)34)8-4-16(18)12-20/h1-14H,(H,31,32)(H,33,34)(H,35,36)(H,37,38). The number of benzene rings is 5. The average Bonchev–Trinajstić information content (AvgIpc) is 2.90. The fraction of sp³-hybridized carbons (Fsp3) is 0. The van der Waals surface area contributed by atoms with Crippen LogP contribution in [0.25, 0.3) is 43.8 Å². The molecule has 0 aliphatic heterocycles. The first-order valence-corrected chi connectivity index (χ1v) is 11.3. The first-order chi connectivity index (χ1) is 18.1. The molecule has 5 aromatic rings. The summed E-state index contributed by atoms with van der Waals surface area (Å²) in [6, 6.07) is 21.8. The summed E-state index contributed by atoms with van der Waals surface area (Å²) < 4.78 is 0. The zero-order valence-corrected chi connectivity index (χ0v) is 19.5. The van der Waals surface area contributed by atoms with Gasteiger partial charge in [-0.2, -0.15) is 0 Å². The minimum absolute atomic E-state index is 0.0213. The van der Waals surface area contributed by atoms with Crippen LogP contribution in [0.5, 0.6) is 0 Å². The fourth-order valence-corrected chi connectivity index (χ4v) is 4.62. The summed E-state index contributed by atoms with van der Waals surface area (Å²) >= 11 is 0. The van der Waals surface area contributed by atoms with Gasteiger partial charge >= 0.3 is 23.9 Å². The Morgan fingerprint density at radius 2 is 0.921 bits per heavy atom. The molecule has 0 radical (unpaired) electrons.